The zero-order valence-corrected chi connectivity index (χ0v) is 15.2. The summed E-state index contributed by atoms with van der Waals surface area (Å²) in [6, 6.07) is 15.2. The van der Waals surface area contributed by atoms with Gasteiger partial charge in [0.05, 0.1) is 5.52 Å². The Hall–Kier alpha value is -2.33. The number of hydrogen-bond donors (Lipinski definition) is 0. The highest BCUT2D eigenvalue weighted by Gasteiger charge is 2.14. The van der Waals surface area contributed by atoms with Gasteiger partial charge in [-0.05, 0) is 36.9 Å². The average Bonchev–Trinajstić information content (AvgIpc) is 3.02. The van der Waals surface area contributed by atoms with Gasteiger partial charge in [0.1, 0.15) is 5.82 Å². The van der Waals surface area contributed by atoms with Gasteiger partial charge in [0.15, 0.2) is 0 Å². The Labute approximate surface area is 149 Å². The van der Waals surface area contributed by atoms with Crippen molar-refractivity contribution in [3.05, 3.63) is 60.5 Å². The van der Waals surface area contributed by atoms with E-state index in [2.05, 4.69) is 53.8 Å². The fourth-order valence-electron chi connectivity index (χ4n) is 3.25. The predicted molar refractivity (Wildman–Crippen MR) is 104 cm³/mol. The Balaban J connectivity index is 1.98. The average molecular weight is 339 g/mol. The zero-order chi connectivity index (χ0) is 17.8. The standard InChI is InChI=1S/C21H26FN3/c1-4-24(5-2)14-13-23(3)25-16-20(17-9-7-6-8-10-17)19-15-18(22)11-12-21(19)25/h6-12,15-16H,4-5,13-14H2,1-3H3. The van der Waals surface area contributed by atoms with Crippen molar-refractivity contribution in [3.8, 4) is 11.1 Å². The second-order valence-electron chi connectivity index (χ2n) is 6.32. The highest BCUT2D eigenvalue weighted by Crippen LogP contribution is 2.31. The van der Waals surface area contributed by atoms with Gasteiger partial charge in [-0.15, -0.1) is 0 Å². The molecule has 0 atom stereocenters. The lowest BCUT2D eigenvalue weighted by Crippen LogP contribution is -2.38. The molecule has 132 valence electrons. The largest absolute Gasteiger partial charge is 0.315 e. The van der Waals surface area contributed by atoms with E-state index in [0.717, 1.165) is 48.2 Å². The predicted octanol–water partition coefficient (Wildman–Crippen LogP) is 4.36. The third-order valence-electron chi connectivity index (χ3n) is 4.83. The number of hydrogen-bond acceptors (Lipinski definition) is 2. The molecule has 3 rings (SSSR count). The van der Waals surface area contributed by atoms with Crippen LogP contribution in [0.3, 0.4) is 0 Å². The Kier molecular flexibility index (Phi) is 5.39. The maximum Gasteiger partial charge on any atom is 0.123 e. The van der Waals surface area contributed by atoms with Crippen LogP contribution in [0, 0.1) is 5.82 Å². The monoisotopic (exact) mass is 339 g/mol. The smallest absolute Gasteiger partial charge is 0.123 e. The molecule has 0 N–H and O–H groups in total. The van der Waals surface area contributed by atoms with Crippen LogP contribution in [0.2, 0.25) is 0 Å². The summed E-state index contributed by atoms with van der Waals surface area (Å²) >= 11 is 0. The van der Waals surface area contributed by atoms with E-state index in [1.54, 1.807) is 6.07 Å². The second kappa shape index (κ2) is 7.70. The molecule has 0 radical (unpaired) electrons. The lowest BCUT2D eigenvalue weighted by Gasteiger charge is -2.26. The Morgan fingerprint density at radius 2 is 1.68 bits per heavy atom. The van der Waals surface area contributed by atoms with Gasteiger partial charge in [0.2, 0.25) is 0 Å². The lowest BCUT2D eigenvalue weighted by molar-refractivity contribution is 0.305. The maximum atomic E-state index is 13.9. The van der Waals surface area contributed by atoms with Crippen molar-refractivity contribution >= 4 is 10.9 Å². The number of nitrogens with zero attached hydrogens (tertiary/aromatic N) is 3. The van der Waals surface area contributed by atoms with Crippen molar-refractivity contribution in [2.45, 2.75) is 13.8 Å². The van der Waals surface area contributed by atoms with E-state index in [-0.39, 0.29) is 5.82 Å². The van der Waals surface area contributed by atoms with Crippen molar-refractivity contribution in [1.82, 2.24) is 9.58 Å². The number of benzene rings is 2. The summed E-state index contributed by atoms with van der Waals surface area (Å²) in [5.74, 6) is -0.201. The molecule has 0 saturated carbocycles. The van der Waals surface area contributed by atoms with Crippen LogP contribution in [-0.2, 0) is 0 Å². The van der Waals surface area contributed by atoms with Crippen LogP contribution < -0.4 is 5.01 Å². The lowest BCUT2D eigenvalue weighted by atomic mass is 10.1. The summed E-state index contributed by atoms with van der Waals surface area (Å²) in [6.45, 7) is 8.40. The van der Waals surface area contributed by atoms with Crippen molar-refractivity contribution in [2.24, 2.45) is 0 Å². The molecule has 0 amide bonds. The first-order chi connectivity index (χ1) is 12.1. The van der Waals surface area contributed by atoms with E-state index in [1.165, 1.54) is 6.07 Å². The van der Waals surface area contributed by atoms with E-state index in [0.29, 0.717) is 0 Å². The summed E-state index contributed by atoms with van der Waals surface area (Å²) in [5, 5.41) is 3.14. The molecular formula is C21H26FN3. The number of aromatic nitrogens is 1. The van der Waals surface area contributed by atoms with E-state index in [1.807, 2.05) is 24.3 Å². The fourth-order valence-corrected chi connectivity index (χ4v) is 3.25. The summed E-state index contributed by atoms with van der Waals surface area (Å²) in [6.07, 6.45) is 2.11. The van der Waals surface area contributed by atoms with Gasteiger partial charge in [-0.2, -0.15) is 0 Å². The summed E-state index contributed by atoms with van der Waals surface area (Å²) in [5.41, 5.74) is 3.20. The molecule has 25 heavy (non-hydrogen) atoms. The van der Waals surface area contributed by atoms with Gasteiger partial charge in [0, 0.05) is 37.3 Å². The van der Waals surface area contributed by atoms with Gasteiger partial charge >= 0.3 is 0 Å². The minimum absolute atomic E-state index is 0.201. The van der Waals surface area contributed by atoms with Gasteiger partial charge in [-0.3, -0.25) is 4.68 Å². The molecule has 4 heteroatoms. The summed E-state index contributed by atoms with van der Waals surface area (Å²) in [7, 11) is 2.08. The van der Waals surface area contributed by atoms with Gasteiger partial charge < -0.3 is 9.91 Å². The van der Waals surface area contributed by atoms with Crippen molar-refractivity contribution in [3.63, 3.8) is 0 Å². The first kappa shape index (κ1) is 17.5. The highest BCUT2D eigenvalue weighted by atomic mass is 19.1. The maximum absolute atomic E-state index is 13.9. The summed E-state index contributed by atoms with van der Waals surface area (Å²) < 4.78 is 16.0. The molecule has 0 saturated heterocycles. The van der Waals surface area contributed by atoms with Crippen molar-refractivity contribution < 1.29 is 4.39 Å². The quantitative estimate of drug-likeness (QED) is 0.634. The Bertz CT molecular complexity index is 822. The molecule has 0 unspecified atom stereocenters. The van der Waals surface area contributed by atoms with Crippen LogP contribution in [0.15, 0.2) is 54.7 Å². The third-order valence-corrected chi connectivity index (χ3v) is 4.83. The zero-order valence-electron chi connectivity index (χ0n) is 15.2. The minimum atomic E-state index is -0.201. The summed E-state index contributed by atoms with van der Waals surface area (Å²) in [4.78, 5) is 2.40. The van der Waals surface area contributed by atoms with Crippen LogP contribution in [0.1, 0.15) is 13.8 Å². The minimum Gasteiger partial charge on any atom is -0.315 e. The van der Waals surface area contributed by atoms with E-state index in [4.69, 9.17) is 0 Å². The normalized spacial score (nSPS) is 11.4. The van der Waals surface area contributed by atoms with Gasteiger partial charge in [-0.1, -0.05) is 44.2 Å². The molecule has 2 aromatic carbocycles. The highest BCUT2D eigenvalue weighted by molar-refractivity contribution is 5.96. The third kappa shape index (κ3) is 3.69. The molecule has 0 aliphatic heterocycles. The molecular weight excluding hydrogens is 313 g/mol. The van der Waals surface area contributed by atoms with E-state index >= 15 is 0 Å². The van der Waals surface area contributed by atoms with Crippen molar-refractivity contribution in [1.29, 1.82) is 0 Å². The fraction of sp³-hybridized carbons (Fsp3) is 0.333. The topological polar surface area (TPSA) is 11.4 Å². The van der Waals surface area contributed by atoms with E-state index in [9.17, 15) is 4.39 Å². The van der Waals surface area contributed by atoms with Crippen LogP contribution in [0.5, 0.6) is 0 Å². The molecule has 0 spiro atoms. The molecule has 0 aliphatic carbocycles. The molecule has 3 nitrogen and oxygen atoms in total. The van der Waals surface area contributed by atoms with Crippen molar-refractivity contribution in [2.75, 3.05) is 38.2 Å². The molecule has 0 fully saturated rings. The van der Waals surface area contributed by atoms with Crippen LogP contribution in [0.25, 0.3) is 22.0 Å². The Morgan fingerprint density at radius 1 is 0.960 bits per heavy atom. The van der Waals surface area contributed by atoms with Gasteiger partial charge in [-0.25, -0.2) is 4.39 Å². The van der Waals surface area contributed by atoms with Crippen LogP contribution in [0.4, 0.5) is 4.39 Å². The number of fused-ring (bicyclic) bond motifs is 1. The van der Waals surface area contributed by atoms with E-state index < -0.39 is 0 Å². The first-order valence-corrected chi connectivity index (χ1v) is 8.93. The molecule has 3 aromatic rings. The number of rotatable bonds is 7. The molecule has 0 aliphatic rings. The SMILES string of the molecule is CCN(CC)CCN(C)n1cc(-c2ccccc2)c2cc(F)ccc21. The molecule has 1 aromatic heterocycles. The van der Waals surface area contributed by atoms with Gasteiger partial charge in [0.25, 0.3) is 0 Å². The number of halogens is 1. The van der Waals surface area contributed by atoms with Crippen LogP contribution >= 0.6 is 0 Å². The Morgan fingerprint density at radius 3 is 2.36 bits per heavy atom. The number of likely N-dealkylation sites (N-methyl/N-ethyl adjacent to an activating group) is 2. The first-order valence-electron chi connectivity index (χ1n) is 8.93. The van der Waals surface area contributed by atoms with Crippen LogP contribution in [-0.4, -0.2) is 42.8 Å². The molecule has 0 bridgehead atoms. The molecule has 1 heterocycles. The second-order valence-corrected chi connectivity index (χ2v) is 6.32.